The maximum Gasteiger partial charge on any atom is 0.299 e. The summed E-state index contributed by atoms with van der Waals surface area (Å²) in [6.07, 6.45) is 2.32. The second-order valence-electron chi connectivity index (χ2n) is 6.35. The molecule has 4 N–H and O–H groups in total. The van der Waals surface area contributed by atoms with E-state index in [1.165, 1.54) is 12.3 Å². The van der Waals surface area contributed by atoms with Crippen LogP contribution in [0.3, 0.4) is 0 Å². The van der Waals surface area contributed by atoms with Gasteiger partial charge in [-0.1, -0.05) is 11.6 Å². The molecule has 0 bridgehead atoms. The van der Waals surface area contributed by atoms with Gasteiger partial charge in [-0.05, 0) is 25.1 Å². The molecule has 2 heterocycles. The number of nitrogens with zero attached hydrogens (tertiary/aromatic N) is 3. The Labute approximate surface area is 179 Å². The van der Waals surface area contributed by atoms with E-state index >= 15 is 0 Å². The third-order valence-electron chi connectivity index (χ3n) is 4.21. The molecule has 31 heavy (non-hydrogen) atoms. The lowest BCUT2D eigenvalue weighted by atomic mass is 9.85. The zero-order chi connectivity index (χ0) is 23.2. The lowest BCUT2D eigenvalue weighted by Gasteiger charge is -2.33. The van der Waals surface area contributed by atoms with Crippen LogP contribution in [0.2, 0.25) is 5.15 Å². The van der Waals surface area contributed by atoms with Crippen molar-refractivity contribution in [1.82, 2.24) is 9.97 Å². The summed E-state index contributed by atoms with van der Waals surface area (Å²) in [5, 5.41) is 9.44. The number of aromatic nitrogens is 2. The van der Waals surface area contributed by atoms with Crippen molar-refractivity contribution in [3.8, 4) is 0 Å². The number of amidine groups is 1. The normalized spacial score (nSPS) is 19.8. The van der Waals surface area contributed by atoms with E-state index < -0.39 is 35.4 Å². The predicted molar refractivity (Wildman–Crippen MR) is 105 cm³/mol. The van der Waals surface area contributed by atoms with Crippen LogP contribution in [-0.4, -0.2) is 52.4 Å². The number of alkyl halides is 2. The molecule has 1 atom stereocenters. The van der Waals surface area contributed by atoms with Crippen molar-refractivity contribution in [3.63, 3.8) is 0 Å². The van der Waals surface area contributed by atoms with Crippen LogP contribution < -0.4 is 11.1 Å². The summed E-state index contributed by atoms with van der Waals surface area (Å²) in [7, 11) is 0. The lowest BCUT2D eigenvalue weighted by Crippen LogP contribution is -2.45. The molecule has 1 amide bonds. The first-order valence-corrected chi connectivity index (χ1v) is 8.88. The molecule has 0 fully saturated rings. The summed E-state index contributed by atoms with van der Waals surface area (Å²) in [6, 6.07) is 3.26. The third kappa shape index (κ3) is 5.47. The molecule has 0 radical (unpaired) electrons. The molecule has 0 saturated carbocycles. The fraction of sp³-hybridized carbons (Fsp3) is 0.278. The quantitative estimate of drug-likeness (QED) is 0.599. The Kier molecular flexibility index (Phi) is 7.52. The molecule has 1 aliphatic rings. The number of aliphatic imine (C=N–C) groups is 1. The fourth-order valence-corrected chi connectivity index (χ4v) is 2.78. The monoisotopic (exact) mass is 459 g/mol. The summed E-state index contributed by atoms with van der Waals surface area (Å²) in [5.41, 5.74) is 2.85. The van der Waals surface area contributed by atoms with Gasteiger partial charge in [0.25, 0.3) is 18.3 Å². The molecule has 2 aromatic rings. The van der Waals surface area contributed by atoms with Crippen LogP contribution in [0.5, 0.6) is 0 Å². The number of nitrogens with one attached hydrogen (secondary N) is 1. The highest BCUT2D eigenvalue weighted by Gasteiger charge is 2.54. The standard InChI is InChI=1S/C17H15ClF3N5O2.CH2O2/c1-16(17(20,21)8-28-7-14(22)26-16)10-4-9(2-3-11(10)19)25-15(27)12-5-24-13(18)6-23-12;2-1-3/h2-6H,7-8H2,1H3,(H2,22,26)(H,25,27);1H,(H,2,3). The fourth-order valence-electron chi connectivity index (χ4n) is 2.68. The number of rotatable bonds is 3. The van der Waals surface area contributed by atoms with Crippen molar-refractivity contribution in [2.24, 2.45) is 10.7 Å². The van der Waals surface area contributed by atoms with Gasteiger partial charge in [0.1, 0.15) is 35.7 Å². The smallest absolute Gasteiger partial charge is 0.299 e. The Balaban J connectivity index is 0.00000107. The summed E-state index contributed by atoms with van der Waals surface area (Å²) >= 11 is 5.62. The van der Waals surface area contributed by atoms with Crippen LogP contribution in [0.15, 0.2) is 35.6 Å². The van der Waals surface area contributed by atoms with E-state index in [0.717, 1.165) is 25.3 Å². The van der Waals surface area contributed by atoms with Crippen molar-refractivity contribution in [1.29, 1.82) is 0 Å². The van der Waals surface area contributed by atoms with E-state index in [1.54, 1.807) is 0 Å². The molecular formula is C18H17ClF3N5O4. The first-order valence-electron chi connectivity index (χ1n) is 8.50. The molecule has 1 aliphatic heterocycles. The maximum absolute atomic E-state index is 14.7. The number of nitrogens with two attached hydrogens (primary N) is 1. The zero-order valence-electron chi connectivity index (χ0n) is 16.0. The number of carbonyl (C=O) groups excluding carboxylic acids is 1. The van der Waals surface area contributed by atoms with E-state index in [1.807, 2.05) is 0 Å². The number of carboxylic acid groups (broad SMARTS) is 1. The number of benzene rings is 1. The van der Waals surface area contributed by atoms with Crippen LogP contribution in [0.4, 0.5) is 18.9 Å². The zero-order valence-corrected chi connectivity index (χ0v) is 16.7. The Morgan fingerprint density at radius 2 is 2.03 bits per heavy atom. The highest BCUT2D eigenvalue weighted by Crippen LogP contribution is 2.44. The second-order valence-corrected chi connectivity index (χ2v) is 6.74. The summed E-state index contributed by atoms with van der Waals surface area (Å²) in [5.74, 6) is -5.33. The molecule has 1 aromatic carbocycles. The lowest BCUT2D eigenvalue weighted by molar-refractivity contribution is -0.122. The van der Waals surface area contributed by atoms with Crippen molar-refractivity contribution >= 4 is 35.5 Å². The number of amides is 1. The Hall–Kier alpha value is -3.25. The van der Waals surface area contributed by atoms with Crippen molar-refractivity contribution < 1.29 is 32.6 Å². The molecule has 166 valence electrons. The van der Waals surface area contributed by atoms with Crippen molar-refractivity contribution in [2.75, 3.05) is 18.5 Å². The van der Waals surface area contributed by atoms with E-state index in [0.29, 0.717) is 0 Å². The minimum atomic E-state index is -3.54. The minimum Gasteiger partial charge on any atom is -0.483 e. The Bertz CT molecular complexity index is 991. The van der Waals surface area contributed by atoms with Gasteiger partial charge in [-0.3, -0.25) is 14.6 Å². The van der Waals surface area contributed by atoms with Crippen molar-refractivity contribution in [3.05, 3.63) is 52.8 Å². The number of ether oxygens (including phenoxy) is 1. The average Bonchev–Trinajstić information content (AvgIpc) is 2.80. The molecule has 13 heteroatoms. The highest BCUT2D eigenvalue weighted by atomic mass is 35.5. The van der Waals surface area contributed by atoms with Crippen LogP contribution in [-0.2, 0) is 15.1 Å². The van der Waals surface area contributed by atoms with E-state index in [-0.39, 0.29) is 35.4 Å². The van der Waals surface area contributed by atoms with Gasteiger partial charge in [-0.15, -0.1) is 0 Å². The van der Waals surface area contributed by atoms with Gasteiger partial charge >= 0.3 is 0 Å². The third-order valence-corrected chi connectivity index (χ3v) is 4.41. The average molecular weight is 460 g/mol. The SMILES string of the molecule is CC1(c2cc(NC(=O)c3cnc(Cl)cn3)ccc2F)N=C(N)COCC1(F)F.O=CO. The molecular weight excluding hydrogens is 443 g/mol. The molecule has 1 unspecified atom stereocenters. The van der Waals surface area contributed by atoms with Gasteiger partial charge in [0, 0.05) is 11.3 Å². The number of anilines is 1. The maximum atomic E-state index is 14.7. The van der Waals surface area contributed by atoms with E-state index in [4.69, 9.17) is 32.0 Å². The second kappa shape index (κ2) is 9.71. The largest absolute Gasteiger partial charge is 0.483 e. The highest BCUT2D eigenvalue weighted by molar-refractivity contribution is 6.29. The Morgan fingerprint density at radius 3 is 2.65 bits per heavy atom. The summed E-state index contributed by atoms with van der Waals surface area (Å²) in [6.45, 7) is -0.466. The van der Waals surface area contributed by atoms with Gasteiger partial charge in [0.05, 0.1) is 12.4 Å². The topological polar surface area (TPSA) is 140 Å². The number of halogens is 4. The molecule has 0 spiro atoms. The van der Waals surface area contributed by atoms with Crippen molar-refractivity contribution in [2.45, 2.75) is 18.4 Å². The number of hydrogen-bond acceptors (Lipinski definition) is 7. The van der Waals surface area contributed by atoms with Gasteiger partial charge in [0.15, 0.2) is 5.54 Å². The minimum absolute atomic E-state index is 0.0584. The Morgan fingerprint density at radius 1 is 1.35 bits per heavy atom. The van der Waals surface area contributed by atoms with Gasteiger partial charge in [-0.2, -0.15) is 0 Å². The van der Waals surface area contributed by atoms with Gasteiger partial charge in [-0.25, -0.2) is 23.1 Å². The van der Waals surface area contributed by atoms with E-state index in [9.17, 15) is 18.0 Å². The van der Waals surface area contributed by atoms with Crippen LogP contribution in [0.1, 0.15) is 23.0 Å². The molecule has 3 rings (SSSR count). The van der Waals surface area contributed by atoms with Crippen LogP contribution >= 0.6 is 11.6 Å². The number of hydrogen-bond donors (Lipinski definition) is 3. The first-order chi connectivity index (χ1) is 14.5. The molecule has 0 aliphatic carbocycles. The van der Waals surface area contributed by atoms with Crippen LogP contribution in [0, 0.1) is 5.82 Å². The van der Waals surface area contributed by atoms with E-state index in [2.05, 4.69) is 20.3 Å². The molecule has 1 aromatic heterocycles. The predicted octanol–water partition coefficient (Wildman–Crippen LogP) is 2.46. The number of carbonyl (C=O) groups is 2. The molecule has 0 saturated heterocycles. The first kappa shape index (κ1) is 24.0. The van der Waals surface area contributed by atoms with Crippen LogP contribution in [0.25, 0.3) is 0 Å². The van der Waals surface area contributed by atoms with Gasteiger partial charge in [0.2, 0.25) is 0 Å². The van der Waals surface area contributed by atoms with Gasteiger partial charge < -0.3 is 20.9 Å². The summed E-state index contributed by atoms with van der Waals surface area (Å²) in [4.78, 5) is 32.0. The summed E-state index contributed by atoms with van der Waals surface area (Å²) < 4.78 is 48.6. The molecule has 9 nitrogen and oxygen atoms in total.